The van der Waals surface area contributed by atoms with Gasteiger partial charge in [0.15, 0.2) is 5.13 Å². The molecule has 3 aromatic rings. The number of rotatable bonds is 3. The van der Waals surface area contributed by atoms with Gasteiger partial charge in [-0.25, -0.2) is 4.98 Å². The Bertz CT molecular complexity index is 830. The number of thiazole rings is 1. The van der Waals surface area contributed by atoms with E-state index in [1.54, 1.807) is 17.5 Å². The van der Waals surface area contributed by atoms with E-state index in [1.807, 2.05) is 29.6 Å². The molecule has 21 heavy (non-hydrogen) atoms. The van der Waals surface area contributed by atoms with Gasteiger partial charge in [0.25, 0.3) is 0 Å². The number of nitrogens with zero attached hydrogens (tertiary/aromatic N) is 3. The zero-order valence-electron chi connectivity index (χ0n) is 11.8. The van der Waals surface area contributed by atoms with Crippen LogP contribution in [0.1, 0.15) is 31.0 Å². The van der Waals surface area contributed by atoms with Crippen molar-refractivity contribution in [2.45, 2.75) is 19.8 Å². The Morgan fingerprint density at radius 2 is 2.10 bits per heavy atom. The van der Waals surface area contributed by atoms with Crippen molar-refractivity contribution in [3.63, 3.8) is 0 Å². The van der Waals surface area contributed by atoms with Gasteiger partial charge in [-0.05, 0) is 12.0 Å². The van der Waals surface area contributed by atoms with Crippen LogP contribution < -0.4 is 5.32 Å². The molecule has 0 amide bonds. The minimum absolute atomic E-state index is 0.390. The lowest BCUT2D eigenvalue weighted by Crippen LogP contribution is -1.97. The van der Waals surface area contributed by atoms with Crippen LogP contribution in [0.2, 0.25) is 0 Å². The molecule has 0 aliphatic heterocycles. The fourth-order valence-corrected chi connectivity index (χ4v) is 2.95. The minimum Gasteiger partial charge on any atom is -0.330 e. The summed E-state index contributed by atoms with van der Waals surface area (Å²) in [5, 5.41) is 16.4. The smallest absolute Gasteiger partial charge is 0.187 e. The molecule has 0 radical (unpaired) electrons. The maximum absolute atomic E-state index is 9.30. The molecular weight excluding hydrogens is 280 g/mol. The molecule has 0 aliphatic rings. The first-order chi connectivity index (χ1) is 10.2. The predicted octanol–water partition coefficient (Wildman–Crippen LogP) is 4.43. The van der Waals surface area contributed by atoms with E-state index in [1.165, 1.54) is 0 Å². The van der Waals surface area contributed by atoms with Crippen LogP contribution in [0.15, 0.2) is 35.8 Å². The summed E-state index contributed by atoms with van der Waals surface area (Å²) >= 11 is 1.55. The monoisotopic (exact) mass is 294 g/mol. The standard InChI is InChI=1S/C16H14N4S/c1-10(2)14-9-21-16(19-14)20-15-11(7-17)8-18-13-6-4-3-5-12(13)15/h3-6,8-10H,1-2H3,(H,18,19,20). The van der Waals surface area contributed by atoms with Crippen molar-refractivity contribution in [2.75, 3.05) is 5.32 Å². The van der Waals surface area contributed by atoms with Gasteiger partial charge in [0.2, 0.25) is 0 Å². The van der Waals surface area contributed by atoms with E-state index in [0.29, 0.717) is 11.5 Å². The molecule has 0 atom stereocenters. The molecule has 4 nitrogen and oxygen atoms in total. The van der Waals surface area contributed by atoms with Crippen molar-refractivity contribution in [3.05, 3.63) is 47.1 Å². The lowest BCUT2D eigenvalue weighted by molar-refractivity contribution is 0.834. The Hall–Kier alpha value is -2.45. The number of fused-ring (bicyclic) bond motifs is 1. The third-order valence-electron chi connectivity index (χ3n) is 3.24. The quantitative estimate of drug-likeness (QED) is 0.776. The third kappa shape index (κ3) is 2.58. The molecule has 0 fully saturated rings. The maximum Gasteiger partial charge on any atom is 0.187 e. The summed E-state index contributed by atoms with van der Waals surface area (Å²) in [5.41, 5.74) is 3.21. The summed E-state index contributed by atoms with van der Waals surface area (Å²) in [4.78, 5) is 8.87. The average Bonchev–Trinajstić information content (AvgIpc) is 2.96. The number of nitrogens with one attached hydrogen (secondary N) is 1. The van der Waals surface area contributed by atoms with Crippen molar-refractivity contribution >= 4 is 33.1 Å². The summed E-state index contributed by atoms with van der Waals surface area (Å²) < 4.78 is 0. The van der Waals surface area contributed by atoms with Crippen LogP contribution in [0.25, 0.3) is 10.9 Å². The minimum atomic E-state index is 0.390. The highest BCUT2D eigenvalue weighted by Crippen LogP contribution is 2.30. The van der Waals surface area contributed by atoms with E-state index >= 15 is 0 Å². The largest absolute Gasteiger partial charge is 0.330 e. The maximum atomic E-state index is 9.30. The normalized spacial score (nSPS) is 10.8. The van der Waals surface area contributed by atoms with Gasteiger partial charge in [-0.15, -0.1) is 11.3 Å². The van der Waals surface area contributed by atoms with E-state index in [-0.39, 0.29) is 0 Å². The zero-order valence-corrected chi connectivity index (χ0v) is 12.6. The second-order valence-corrected chi connectivity index (χ2v) is 5.89. The van der Waals surface area contributed by atoms with Crippen LogP contribution in [-0.4, -0.2) is 9.97 Å². The van der Waals surface area contributed by atoms with E-state index in [4.69, 9.17) is 0 Å². The molecule has 1 N–H and O–H groups in total. The molecule has 0 aliphatic carbocycles. The van der Waals surface area contributed by atoms with Gasteiger partial charge >= 0.3 is 0 Å². The van der Waals surface area contributed by atoms with Gasteiger partial charge in [0.05, 0.1) is 22.5 Å². The summed E-state index contributed by atoms with van der Waals surface area (Å²) in [5.74, 6) is 0.390. The van der Waals surface area contributed by atoms with Crippen molar-refractivity contribution in [3.8, 4) is 6.07 Å². The highest BCUT2D eigenvalue weighted by molar-refractivity contribution is 7.13. The van der Waals surface area contributed by atoms with E-state index < -0.39 is 0 Å². The topological polar surface area (TPSA) is 61.6 Å². The van der Waals surface area contributed by atoms with Crippen LogP contribution in [0, 0.1) is 11.3 Å². The number of anilines is 2. The number of para-hydroxylation sites is 1. The molecule has 2 aromatic heterocycles. The highest BCUT2D eigenvalue weighted by Gasteiger charge is 2.11. The molecule has 0 saturated heterocycles. The molecule has 3 rings (SSSR count). The number of hydrogen-bond acceptors (Lipinski definition) is 5. The first-order valence-corrected chi connectivity index (χ1v) is 7.57. The molecule has 0 spiro atoms. The SMILES string of the molecule is CC(C)c1csc(Nc2c(C#N)cnc3ccccc23)n1. The molecule has 104 valence electrons. The molecule has 5 heteroatoms. The Kier molecular flexibility index (Phi) is 3.55. The molecule has 0 saturated carbocycles. The lowest BCUT2D eigenvalue weighted by atomic mass is 10.1. The first kappa shape index (κ1) is 13.5. The second kappa shape index (κ2) is 5.51. The second-order valence-electron chi connectivity index (χ2n) is 5.03. The van der Waals surface area contributed by atoms with Gasteiger partial charge in [-0.2, -0.15) is 5.26 Å². The van der Waals surface area contributed by atoms with Crippen LogP contribution in [-0.2, 0) is 0 Å². The van der Waals surface area contributed by atoms with Crippen LogP contribution in [0.3, 0.4) is 0 Å². The van der Waals surface area contributed by atoms with Gasteiger partial charge in [-0.1, -0.05) is 32.0 Å². The summed E-state index contributed by atoms with van der Waals surface area (Å²) in [6, 6.07) is 9.96. The van der Waals surface area contributed by atoms with Gasteiger partial charge in [-0.3, -0.25) is 4.98 Å². The van der Waals surface area contributed by atoms with Crippen molar-refractivity contribution < 1.29 is 0 Å². The van der Waals surface area contributed by atoms with Gasteiger partial charge < -0.3 is 5.32 Å². The van der Waals surface area contributed by atoms with Crippen LogP contribution >= 0.6 is 11.3 Å². The Balaban J connectivity index is 2.08. The number of benzene rings is 1. The molecule has 1 aromatic carbocycles. The Labute approximate surface area is 127 Å². The number of hydrogen-bond donors (Lipinski definition) is 1. The van der Waals surface area contributed by atoms with E-state index in [2.05, 4.69) is 35.2 Å². The molecule has 2 heterocycles. The summed E-state index contributed by atoms with van der Waals surface area (Å²) in [7, 11) is 0. The fourth-order valence-electron chi connectivity index (χ4n) is 2.08. The third-order valence-corrected chi connectivity index (χ3v) is 4.02. The average molecular weight is 294 g/mol. The van der Waals surface area contributed by atoms with Crippen molar-refractivity contribution in [2.24, 2.45) is 0 Å². The van der Waals surface area contributed by atoms with E-state index in [9.17, 15) is 5.26 Å². The van der Waals surface area contributed by atoms with Crippen LogP contribution in [0.5, 0.6) is 0 Å². The van der Waals surface area contributed by atoms with Crippen molar-refractivity contribution in [1.82, 2.24) is 9.97 Å². The lowest BCUT2D eigenvalue weighted by Gasteiger charge is -2.08. The first-order valence-electron chi connectivity index (χ1n) is 6.69. The highest BCUT2D eigenvalue weighted by atomic mass is 32.1. The van der Waals surface area contributed by atoms with Gasteiger partial charge in [0.1, 0.15) is 6.07 Å². The molecule has 0 unspecified atom stereocenters. The predicted molar refractivity (Wildman–Crippen MR) is 85.9 cm³/mol. The van der Waals surface area contributed by atoms with Crippen LogP contribution in [0.4, 0.5) is 10.8 Å². The van der Waals surface area contributed by atoms with E-state index in [0.717, 1.165) is 27.4 Å². The Morgan fingerprint density at radius 3 is 2.81 bits per heavy atom. The fraction of sp³-hybridized carbons (Fsp3) is 0.188. The summed E-state index contributed by atoms with van der Waals surface area (Å²) in [6.45, 7) is 4.22. The Morgan fingerprint density at radius 1 is 1.29 bits per heavy atom. The number of nitriles is 1. The van der Waals surface area contributed by atoms with Crippen molar-refractivity contribution in [1.29, 1.82) is 5.26 Å². The van der Waals surface area contributed by atoms with Gasteiger partial charge in [0, 0.05) is 17.0 Å². The number of aromatic nitrogens is 2. The molecule has 0 bridgehead atoms. The molecular formula is C16H14N4S. The zero-order chi connectivity index (χ0) is 14.8. The summed E-state index contributed by atoms with van der Waals surface area (Å²) in [6.07, 6.45) is 1.60. The number of pyridine rings is 1.